The van der Waals surface area contributed by atoms with Crippen LogP contribution in [0.3, 0.4) is 0 Å². The van der Waals surface area contributed by atoms with Crippen molar-refractivity contribution in [3.8, 4) is 11.1 Å². The lowest BCUT2D eigenvalue weighted by atomic mass is 9.94. The number of carbonyl (C=O) groups is 1. The van der Waals surface area contributed by atoms with E-state index in [4.69, 9.17) is 24.3 Å². The van der Waals surface area contributed by atoms with Crippen molar-refractivity contribution in [3.63, 3.8) is 0 Å². The van der Waals surface area contributed by atoms with Gasteiger partial charge in [0, 0.05) is 74.1 Å². The van der Waals surface area contributed by atoms with E-state index in [1.807, 2.05) is 25.3 Å². The van der Waals surface area contributed by atoms with Crippen LogP contribution >= 0.6 is 0 Å². The summed E-state index contributed by atoms with van der Waals surface area (Å²) in [6.07, 6.45) is 3.14. The molecule has 0 bridgehead atoms. The summed E-state index contributed by atoms with van der Waals surface area (Å²) in [5, 5.41) is 4.82. The molecule has 15 heteroatoms. The molecule has 3 heterocycles. The number of sulfonamides is 1. The maximum absolute atomic E-state index is 13.1. The lowest BCUT2D eigenvalue weighted by Crippen LogP contribution is -2.42. The van der Waals surface area contributed by atoms with E-state index in [2.05, 4.69) is 50.2 Å². The van der Waals surface area contributed by atoms with Crippen molar-refractivity contribution in [1.82, 2.24) is 23.8 Å². The lowest BCUT2D eigenvalue weighted by molar-refractivity contribution is 0.0197. The van der Waals surface area contributed by atoms with Gasteiger partial charge in [-0.25, -0.2) is 22.5 Å². The number of fused-ring (bicyclic) bond motifs is 1. The third-order valence-corrected chi connectivity index (χ3v) is 14.0. The number of aromatic nitrogens is 3. The Morgan fingerprint density at radius 3 is 2.08 bits per heavy atom. The molecule has 12 nitrogen and oxygen atoms in total. The number of nitrogens with zero attached hydrogens (tertiary/aromatic N) is 6. The second-order valence-electron chi connectivity index (χ2n) is 17.1. The second-order valence-corrected chi connectivity index (χ2v) is 30.5. The van der Waals surface area contributed by atoms with E-state index in [1.165, 1.54) is 18.4 Å². The van der Waals surface area contributed by atoms with Gasteiger partial charge in [0.05, 0.1) is 16.8 Å². The first-order valence-corrected chi connectivity index (χ1v) is 26.8. The van der Waals surface area contributed by atoms with Gasteiger partial charge in [-0.2, -0.15) is 9.61 Å². The first-order chi connectivity index (χ1) is 23.6. The Morgan fingerprint density at radius 1 is 0.961 bits per heavy atom. The summed E-state index contributed by atoms with van der Waals surface area (Å²) >= 11 is 0. The van der Waals surface area contributed by atoms with E-state index in [9.17, 15) is 13.2 Å². The second kappa shape index (κ2) is 16.5. The smallest absolute Gasteiger partial charge is 0.410 e. The van der Waals surface area contributed by atoms with E-state index >= 15 is 0 Å². The van der Waals surface area contributed by atoms with E-state index in [0.717, 1.165) is 47.6 Å². The summed E-state index contributed by atoms with van der Waals surface area (Å²) in [6, 6.07) is 11.0. The molecule has 0 radical (unpaired) electrons. The Hall–Kier alpha value is -2.83. The molecule has 0 aliphatic carbocycles. The number of hydrogen-bond acceptors (Lipinski definition) is 9. The Bertz CT molecular complexity index is 1710. The molecule has 284 valence electrons. The third-order valence-electron chi connectivity index (χ3n) is 8.72. The summed E-state index contributed by atoms with van der Waals surface area (Å²) in [7, 11) is -3.15. The SMILES string of the molecule is CN(C)S(=O)(=O)c1ccc(-c2cnn3c(N(COCC[Si](C)(C)C)COCC[Si](C)(C)C)cc(C4CCCN(C(=O)OC(C)(C)C)C4)nc23)cc1. The Kier molecular flexibility index (Phi) is 13.2. The van der Waals surface area contributed by atoms with Crippen LogP contribution in [0.4, 0.5) is 10.6 Å². The Morgan fingerprint density at radius 2 is 1.55 bits per heavy atom. The molecular formula is C36H60N6O6SSi2. The van der Waals surface area contributed by atoms with Gasteiger partial charge in [-0.3, -0.25) is 0 Å². The van der Waals surface area contributed by atoms with Gasteiger partial charge in [-0.05, 0) is 63.4 Å². The average Bonchev–Trinajstić information content (AvgIpc) is 3.46. The standard InChI is InChI=1S/C36H60N6O6SSi2/c1-36(2,3)48-35(43)40-18-12-13-29(25-40)32-23-33(41(26-46-19-21-50(6,7)8)27-47-20-22-51(9,10)11)42-34(38-32)31(24-37-42)28-14-16-30(17-15-28)49(44,45)39(4)5/h14-17,23-24,29H,12-13,18-22,25-27H2,1-11H3. The van der Waals surface area contributed by atoms with Gasteiger partial charge < -0.3 is 24.0 Å². The van der Waals surface area contributed by atoms with Crippen LogP contribution in [0.25, 0.3) is 16.8 Å². The summed E-state index contributed by atoms with van der Waals surface area (Å²) in [5.74, 6) is 0.747. The minimum Gasteiger partial charge on any atom is -0.444 e. The highest BCUT2D eigenvalue weighted by molar-refractivity contribution is 7.89. The molecule has 1 fully saturated rings. The molecule has 3 aromatic rings. The summed E-state index contributed by atoms with van der Waals surface area (Å²) < 4.78 is 47.0. The van der Waals surface area contributed by atoms with Gasteiger partial charge in [-0.15, -0.1) is 0 Å². The fraction of sp³-hybridized carbons (Fsp3) is 0.639. The van der Waals surface area contributed by atoms with Crippen molar-refractivity contribution in [3.05, 3.63) is 42.2 Å². The normalized spacial score (nSPS) is 16.2. The summed E-state index contributed by atoms with van der Waals surface area (Å²) in [6.45, 7) is 22.7. The molecule has 1 aromatic carbocycles. The predicted molar refractivity (Wildman–Crippen MR) is 210 cm³/mol. The van der Waals surface area contributed by atoms with Gasteiger partial charge in [0.15, 0.2) is 5.65 Å². The highest BCUT2D eigenvalue weighted by atomic mass is 32.2. The molecule has 51 heavy (non-hydrogen) atoms. The van der Waals surface area contributed by atoms with Crippen LogP contribution in [0.15, 0.2) is 41.4 Å². The summed E-state index contributed by atoms with van der Waals surface area (Å²) in [5.41, 5.74) is 2.45. The number of ether oxygens (including phenoxy) is 3. The number of benzene rings is 1. The van der Waals surface area contributed by atoms with Crippen LogP contribution in [-0.4, -0.2) is 114 Å². The Balaban J connectivity index is 1.78. The molecule has 0 spiro atoms. The van der Waals surface area contributed by atoms with E-state index in [1.54, 1.807) is 35.4 Å². The van der Waals surface area contributed by atoms with E-state index in [-0.39, 0.29) is 16.9 Å². The van der Waals surface area contributed by atoms with Crippen LogP contribution in [0.5, 0.6) is 0 Å². The van der Waals surface area contributed by atoms with Gasteiger partial charge in [0.2, 0.25) is 10.0 Å². The Labute approximate surface area is 307 Å². The topological polar surface area (TPSA) is 119 Å². The van der Waals surface area contributed by atoms with Crippen molar-refractivity contribution in [1.29, 1.82) is 0 Å². The first kappa shape index (κ1) is 40.9. The zero-order chi connectivity index (χ0) is 37.8. The van der Waals surface area contributed by atoms with Gasteiger partial charge in [0.25, 0.3) is 0 Å². The highest BCUT2D eigenvalue weighted by Crippen LogP contribution is 2.33. The molecule has 0 saturated carbocycles. The van der Waals surface area contributed by atoms with Gasteiger partial charge in [-0.1, -0.05) is 51.4 Å². The van der Waals surface area contributed by atoms with Crippen molar-refractivity contribution in [2.45, 2.75) is 101 Å². The molecule has 1 atom stereocenters. The fourth-order valence-electron chi connectivity index (χ4n) is 5.61. The van der Waals surface area contributed by atoms with Crippen LogP contribution in [0, 0.1) is 0 Å². The average molecular weight is 761 g/mol. The molecule has 1 unspecified atom stereocenters. The zero-order valence-electron chi connectivity index (χ0n) is 32.7. The number of amides is 1. The molecule has 1 amide bonds. The third kappa shape index (κ3) is 11.6. The van der Waals surface area contributed by atoms with Crippen LogP contribution in [0.1, 0.15) is 45.2 Å². The quantitative estimate of drug-likeness (QED) is 0.0901. The van der Waals surface area contributed by atoms with Crippen molar-refractivity contribution in [2.75, 3.05) is 58.8 Å². The molecule has 1 aliphatic rings. The van der Waals surface area contributed by atoms with Crippen molar-refractivity contribution < 1.29 is 27.4 Å². The largest absolute Gasteiger partial charge is 0.444 e. The number of hydrogen-bond donors (Lipinski definition) is 0. The minimum absolute atomic E-state index is 0.0344. The van der Waals surface area contributed by atoms with Crippen molar-refractivity contribution >= 4 is 43.7 Å². The van der Waals surface area contributed by atoms with Gasteiger partial charge in [0.1, 0.15) is 24.9 Å². The number of likely N-dealkylation sites (tertiary alicyclic amines) is 1. The molecule has 1 aliphatic heterocycles. The van der Waals surface area contributed by atoms with E-state index in [0.29, 0.717) is 45.4 Å². The maximum atomic E-state index is 13.1. The first-order valence-electron chi connectivity index (χ1n) is 17.9. The van der Waals surface area contributed by atoms with Crippen LogP contribution in [0.2, 0.25) is 51.4 Å². The highest BCUT2D eigenvalue weighted by Gasteiger charge is 2.31. The maximum Gasteiger partial charge on any atom is 0.410 e. The molecular weight excluding hydrogens is 701 g/mol. The lowest BCUT2D eigenvalue weighted by Gasteiger charge is -2.34. The van der Waals surface area contributed by atoms with Crippen LogP contribution in [-0.2, 0) is 24.2 Å². The predicted octanol–water partition coefficient (Wildman–Crippen LogP) is 7.19. The molecule has 4 rings (SSSR count). The van der Waals surface area contributed by atoms with Gasteiger partial charge >= 0.3 is 6.09 Å². The molecule has 0 N–H and O–H groups in total. The van der Waals surface area contributed by atoms with E-state index < -0.39 is 31.8 Å². The molecule has 2 aromatic heterocycles. The number of carbonyl (C=O) groups excluding carboxylic acids is 1. The monoisotopic (exact) mass is 760 g/mol. The number of anilines is 1. The minimum atomic E-state index is -3.58. The van der Waals surface area contributed by atoms with Crippen molar-refractivity contribution in [2.24, 2.45) is 0 Å². The molecule has 1 saturated heterocycles. The number of piperidine rings is 1. The number of rotatable bonds is 15. The fourth-order valence-corrected chi connectivity index (χ4v) is 8.02. The summed E-state index contributed by atoms with van der Waals surface area (Å²) in [4.78, 5) is 22.4. The van der Waals surface area contributed by atoms with Crippen LogP contribution < -0.4 is 4.90 Å². The zero-order valence-corrected chi connectivity index (χ0v) is 35.5.